The van der Waals surface area contributed by atoms with Crippen molar-refractivity contribution >= 4 is 18.1 Å². The second-order valence-electron chi connectivity index (χ2n) is 8.80. The summed E-state index contributed by atoms with van der Waals surface area (Å²) < 4.78 is 6.88. The van der Waals surface area contributed by atoms with Crippen LogP contribution in [-0.2, 0) is 15.1 Å². The Morgan fingerprint density at radius 1 is 0.919 bits per heavy atom. The maximum Gasteiger partial charge on any atom is 0.337 e. The summed E-state index contributed by atoms with van der Waals surface area (Å²) in [5, 5.41) is 15.7. The van der Waals surface area contributed by atoms with E-state index in [1.54, 1.807) is 66.9 Å². The molecule has 2 N–H and O–H groups in total. The SMILES string of the molecule is COC(=O)c1ccc(-n2c(C)cc(/C=N/NC(=O)C(O)(c3ccccc3)c3ccccc3)c2C)c(C)c1. The van der Waals surface area contributed by atoms with Crippen LogP contribution in [-0.4, -0.2) is 34.9 Å². The quantitative estimate of drug-likeness (QED) is 0.223. The van der Waals surface area contributed by atoms with Gasteiger partial charge in [-0.15, -0.1) is 0 Å². The molecule has 0 aliphatic carbocycles. The molecule has 1 aromatic heterocycles. The summed E-state index contributed by atoms with van der Waals surface area (Å²) in [4.78, 5) is 25.2. The molecule has 1 amide bonds. The number of ether oxygens (including phenoxy) is 1. The Morgan fingerprint density at radius 2 is 1.51 bits per heavy atom. The minimum absolute atomic E-state index is 0.384. The van der Waals surface area contributed by atoms with Gasteiger partial charge in [-0.2, -0.15) is 5.10 Å². The molecule has 7 nitrogen and oxygen atoms in total. The van der Waals surface area contributed by atoms with Gasteiger partial charge in [0.25, 0.3) is 5.91 Å². The number of carbonyl (C=O) groups excluding carboxylic acids is 2. The van der Waals surface area contributed by atoms with E-state index >= 15 is 0 Å². The maximum atomic E-state index is 13.3. The van der Waals surface area contributed by atoms with Crippen LogP contribution in [0.15, 0.2) is 90.0 Å². The summed E-state index contributed by atoms with van der Waals surface area (Å²) in [5.74, 6) is -1.05. The highest BCUT2D eigenvalue weighted by atomic mass is 16.5. The van der Waals surface area contributed by atoms with Crippen LogP contribution in [0.25, 0.3) is 5.69 Å². The highest BCUT2D eigenvalue weighted by Crippen LogP contribution is 2.30. The number of nitrogens with zero attached hydrogens (tertiary/aromatic N) is 2. The van der Waals surface area contributed by atoms with Crippen LogP contribution >= 0.6 is 0 Å². The molecule has 0 saturated heterocycles. The van der Waals surface area contributed by atoms with Crippen molar-refractivity contribution in [3.8, 4) is 5.69 Å². The molecule has 3 aromatic carbocycles. The van der Waals surface area contributed by atoms with Gasteiger partial charge < -0.3 is 14.4 Å². The highest BCUT2D eigenvalue weighted by Gasteiger charge is 2.39. The van der Waals surface area contributed by atoms with Crippen molar-refractivity contribution in [1.29, 1.82) is 0 Å². The zero-order valence-corrected chi connectivity index (χ0v) is 21.2. The molecule has 4 aromatic rings. The van der Waals surface area contributed by atoms with Gasteiger partial charge in [-0.1, -0.05) is 60.7 Å². The Balaban J connectivity index is 1.61. The van der Waals surface area contributed by atoms with Crippen LogP contribution in [0.4, 0.5) is 0 Å². The van der Waals surface area contributed by atoms with E-state index in [9.17, 15) is 14.7 Å². The van der Waals surface area contributed by atoms with Crippen LogP contribution in [0.2, 0.25) is 0 Å². The summed E-state index contributed by atoms with van der Waals surface area (Å²) in [6.45, 7) is 5.86. The minimum Gasteiger partial charge on any atom is -0.465 e. The number of rotatable bonds is 7. The molecule has 7 heteroatoms. The molecule has 4 rings (SSSR count). The number of aliphatic hydroxyl groups is 1. The van der Waals surface area contributed by atoms with Crippen molar-refractivity contribution in [2.75, 3.05) is 7.11 Å². The summed E-state index contributed by atoms with van der Waals surface area (Å²) in [6, 6.07) is 24.9. The summed E-state index contributed by atoms with van der Waals surface area (Å²) in [7, 11) is 1.36. The number of benzene rings is 3. The van der Waals surface area contributed by atoms with Crippen molar-refractivity contribution in [3.63, 3.8) is 0 Å². The molecule has 0 fully saturated rings. The molecule has 37 heavy (non-hydrogen) atoms. The monoisotopic (exact) mass is 495 g/mol. The van der Waals surface area contributed by atoms with Crippen molar-refractivity contribution in [3.05, 3.63) is 124 Å². The third kappa shape index (κ3) is 4.94. The summed E-state index contributed by atoms with van der Waals surface area (Å²) >= 11 is 0. The number of hydrogen-bond donors (Lipinski definition) is 2. The van der Waals surface area contributed by atoms with Crippen molar-refractivity contribution in [2.45, 2.75) is 26.4 Å². The van der Waals surface area contributed by atoms with E-state index in [1.807, 2.05) is 45.0 Å². The Bertz CT molecular complexity index is 1420. The fourth-order valence-electron chi connectivity index (χ4n) is 4.47. The molecule has 0 aliphatic heterocycles. The third-order valence-electron chi connectivity index (χ3n) is 6.41. The van der Waals surface area contributed by atoms with Gasteiger partial charge >= 0.3 is 5.97 Å². The van der Waals surface area contributed by atoms with E-state index in [4.69, 9.17) is 4.74 Å². The third-order valence-corrected chi connectivity index (χ3v) is 6.41. The number of aromatic nitrogens is 1. The maximum absolute atomic E-state index is 13.3. The fourth-order valence-corrected chi connectivity index (χ4v) is 4.47. The highest BCUT2D eigenvalue weighted by molar-refractivity contribution is 5.92. The molecular weight excluding hydrogens is 466 g/mol. The number of amides is 1. The molecule has 0 aliphatic rings. The molecule has 0 bridgehead atoms. The number of nitrogens with one attached hydrogen (secondary N) is 1. The first-order valence-electron chi connectivity index (χ1n) is 11.8. The molecular formula is C30H29N3O4. The lowest BCUT2D eigenvalue weighted by molar-refractivity contribution is -0.136. The second kappa shape index (κ2) is 10.6. The van der Waals surface area contributed by atoms with Crippen molar-refractivity contribution in [2.24, 2.45) is 5.10 Å². The van der Waals surface area contributed by atoms with E-state index in [-0.39, 0.29) is 5.97 Å². The average molecular weight is 496 g/mol. The molecule has 0 spiro atoms. The number of hydrazone groups is 1. The Morgan fingerprint density at radius 3 is 2.05 bits per heavy atom. The lowest BCUT2D eigenvalue weighted by atomic mass is 9.85. The molecule has 0 unspecified atom stereocenters. The number of aryl methyl sites for hydroxylation is 2. The molecule has 0 saturated carbocycles. The summed E-state index contributed by atoms with van der Waals surface area (Å²) in [5.41, 5.74) is 6.50. The number of esters is 1. The number of carbonyl (C=O) groups is 2. The smallest absolute Gasteiger partial charge is 0.337 e. The average Bonchev–Trinajstić information content (AvgIpc) is 3.20. The van der Waals surface area contributed by atoms with Gasteiger partial charge in [0, 0.05) is 22.6 Å². The van der Waals surface area contributed by atoms with Gasteiger partial charge in [0.15, 0.2) is 5.60 Å². The van der Waals surface area contributed by atoms with Crippen LogP contribution in [0.5, 0.6) is 0 Å². The van der Waals surface area contributed by atoms with Crippen molar-refractivity contribution < 1.29 is 19.4 Å². The van der Waals surface area contributed by atoms with Crippen LogP contribution in [0.1, 0.15) is 44.0 Å². The molecule has 1 heterocycles. The van der Waals surface area contributed by atoms with Gasteiger partial charge in [0.1, 0.15) is 0 Å². The van der Waals surface area contributed by atoms with Crippen molar-refractivity contribution in [1.82, 2.24) is 9.99 Å². The predicted molar refractivity (Wildman–Crippen MR) is 143 cm³/mol. The van der Waals surface area contributed by atoms with Crippen LogP contribution in [0.3, 0.4) is 0 Å². The minimum atomic E-state index is -1.91. The molecule has 0 radical (unpaired) electrons. The van der Waals surface area contributed by atoms with Gasteiger partial charge in [0.2, 0.25) is 0 Å². The predicted octanol–water partition coefficient (Wildman–Crippen LogP) is 4.58. The Labute approximate surface area is 216 Å². The molecule has 0 atom stereocenters. The standard InChI is InChI=1S/C30H29N3O4/c1-20-17-23(28(34)37-4)15-16-27(20)33-21(2)18-24(22(33)3)19-31-32-29(35)30(36,25-11-7-5-8-12-25)26-13-9-6-10-14-26/h5-19,36H,1-4H3,(H,32,35)/b31-19+. The van der Waals surface area contributed by atoms with E-state index in [0.29, 0.717) is 16.7 Å². The number of methoxy groups -OCH3 is 1. The normalized spacial score (nSPS) is 11.5. The van der Waals surface area contributed by atoms with E-state index in [0.717, 1.165) is 28.2 Å². The van der Waals surface area contributed by atoms with Gasteiger partial charge in [-0.25, -0.2) is 10.2 Å². The second-order valence-corrected chi connectivity index (χ2v) is 8.80. The largest absolute Gasteiger partial charge is 0.465 e. The topological polar surface area (TPSA) is 92.9 Å². The summed E-state index contributed by atoms with van der Waals surface area (Å²) in [6.07, 6.45) is 1.56. The first kappa shape index (κ1) is 25.6. The van der Waals surface area contributed by atoms with E-state index in [2.05, 4.69) is 15.1 Å². The van der Waals surface area contributed by atoms with E-state index in [1.165, 1.54) is 7.11 Å². The zero-order valence-electron chi connectivity index (χ0n) is 21.2. The zero-order chi connectivity index (χ0) is 26.6. The van der Waals surface area contributed by atoms with Gasteiger partial charge in [-0.3, -0.25) is 4.79 Å². The lowest BCUT2D eigenvalue weighted by Crippen LogP contribution is -2.43. The first-order valence-corrected chi connectivity index (χ1v) is 11.8. The van der Waals surface area contributed by atoms with Gasteiger partial charge in [-0.05, 0) is 61.7 Å². The van der Waals surface area contributed by atoms with Gasteiger partial charge in [0.05, 0.1) is 18.9 Å². The molecule has 188 valence electrons. The van der Waals surface area contributed by atoms with E-state index < -0.39 is 11.5 Å². The fraction of sp³-hybridized carbons (Fsp3) is 0.167. The number of hydrogen-bond acceptors (Lipinski definition) is 5. The van der Waals surface area contributed by atoms with Crippen LogP contribution in [0, 0.1) is 20.8 Å². The lowest BCUT2D eigenvalue weighted by Gasteiger charge is -2.27. The first-order chi connectivity index (χ1) is 17.8. The van der Waals surface area contributed by atoms with Crippen LogP contribution < -0.4 is 5.43 Å². The Hall–Kier alpha value is -4.49. The Kier molecular flexibility index (Phi) is 7.36.